The van der Waals surface area contributed by atoms with Crippen LogP contribution in [-0.4, -0.2) is 33.4 Å². The summed E-state index contributed by atoms with van der Waals surface area (Å²) >= 11 is 0. The first-order valence-electron chi connectivity index (χ1n) is 8.06. The first kappa shape index (κ1) is 19.1. The summed E-state index contributed by atoms with van der Waals surface area (Å²) in [6.45, 7) is 8.40. The van der Waals surface area contributed by atoms with Crippen LogP contribution in [0.4, 0.5) is 4.79 Å². The molecule has 0 aliphatic rings. The number of carboxylic acids is 1. The minimum atomic E-state index is -0.870. The van der Waals surface area contributed by atoms with Crippen LogP contribution < -0.4 is 5.32 Å². The second-order valence-corrected chi connectivity index (χ2v) is 6.67. The van der Waals surface area contributed by atoms with E-state index in [1.165, 1.54) is 0 Å². The molecule has 1 aromatic rings. The highest BCUT2D eigenvalue weighted by Crippen LogP contribution is 2.12. The monoisotopic (exact) mass is 324 g/mol. The van der Waals surface area contributed by atoms with Gasteiger partial charge in [0.2, 0.25) is 0 Å². The maximum atomic E-state index is 12.0. The minimum Gasteiger partial charge on any atom is -0.481 e. The van der Waals surface area contributed by atoms with Gasteiger partial charge in [0.25, 0.3) is 0 Å². The first-order valence-corrected chi connectivity index (χ1v) is 8.06. The molecular weight excluding hydrogens is 296 g/mol. The summed E-state index contributed by atoms with van der Waals surface area (Å²) in [6, 6.07) is 3.69. The van der Waals surface area contributed by atoms with Gasteiger partial charge in [-0.25, -0.2) is 4.79 Å². The van der Waals surface area contributed by atoms with E-state index in [1.54, 1.807) is 20.8 Å². The van der Waals surface area contributed by atoms with Crippen LogP contribution in [0.1, 0.15) is 52.7 Å². The normalized spacial score (nSPS) is 12.7. The molecule has 0 saturated heterocycles. The SMILES string of the molecule is CCCn1cccc1CC(CCC(=O)O)NC(=O)OC(C)(C)C. The summed E-state index contributed by atoms with van der Waals surface area (Å²) in [4.78, 5) is 22.8. The molecule has 0 saturated carbocycles. The maximum Gasteiger partial charge on any atom is 0.407 e. The number of amides is 1. The number of alkyl carbamates (subject to hydrolysis) is 1. The van der Waals surface area contributed by atoms with Gasteiger partial charge in [0.1, 0.15) is 5.60 Å². The van der Waals surface area contributed by atoms with Crippen molar-refractivity contribution in [2.24, 2.45) is 0 Å². The standard InChI is InChI=1S/C17H28N2O4/c1-5-10-19-11-6-7-14(19)12-13(8-9-15(20)21)18-16(22)23-17(2,3)4/h6-7,11,13H,5,8-10,12H2,1-4H3,(H,18,22)(H,20,21). The number of carbonyl (C=O) groups excluding carboxylic acids is 1. The lowest BCUT2D eigenvalue weighted by Crippen LogP contribution is -2.40. The number of aliphatic carboxylic acids is 1. The largest absolute Gasteiger partial charge is 0.481 e. The van der Waals surface area contributed by atoms with Crippen molar-refractivity contribution in [2.45, 2.75) is 71.6 Å². The van der Waals surface area contributed by atoms with E-state index >= 15 is 0 Å². The Morgan fingerprint density at radius 3 is 2.65 bits per heavy atom. The summed E-state index contributed by atoms with van der Waals surface area (Å²) < 4.78 is 7.40. The Morgan fingerprint density at radius 1 is 1.39 bits per heavy atom. The van der Waals surface area contributed by atoms with Crippen molar-refractivity contribution < 1.29 is 19.4 Å². The van der Waals surface area contributed by atoms with Gasteiger partial charge in [-0.15, -0.1) is 0 Å². The van der Waals surface area contributed by atoms with Crippen LogP contribution in [0.5, 0.6) is 0 Å². The molecule has 1 aromatic heterocycles. The number of nitrogens with zero attached hydrogens (tertiary/aromatic N) is 1. The summed E-state index contributed by atoms with van der Waals surface area (Å²) in [5.74, 6) is -0.870. The van der Waals surface area contributed by atoms with Crippen molar-refractivity contribution in [1.82, 2.24) is 9.88 Å². The number of rotatable bonds is 8. The number of aryl methyl sites for hydroxylation is 1. The molecule has 1 amide bonds. The Morgan fingerprint density at radius 2 is 2.09 bits per heavy atom. The van der Waals surface area contributed by atoms with Gasteiger partial charge in [-0.1, -0.05) is 6.92 Å². The number of hydrogen-bond donors (Lipinski definition) is 2. The summed E-state index contributed by atoms with van der Waals surface area (Å²) in [5.41, 5.74) is 0.502. The summed E-state index contributed by atoms with van der Waals surface area (Å²) in [6.07, 6.45) is 3.46. The van der Waals surface area contributed by atoms with Crippen molar-refractivity contribution >= 4 is 12.1 Å². The fourth-order valence-corrected chi connectivity index (χ4v) is 2.34. The summed E-state index contributed by atoms with van der Waals surface area (Å²) in [7, 11) is 0. The smallest absolute Gasteiger partial charge is 0.407 e. The molecule has 1 heterocycles. The second-order valence-electron chi connectivity index (χ2n) is 6.67. The van der Waals surface area contributed by atoms with Gasteiger partial charge >= 0.3 is 12.1 Å². The number of carbonyl (C=O) groups is 2. The van der Waals surface area contributed by atoms with Crippen LogP contribution >= 0.6 is 0 Å². The predicted molar refractivity (Wildman–Crippen MR) is 88.5 cm³/mol. The van der Waals surface area contributed by atoms with Gasteiger partial charge in [0, 0.05) is 37.3 Å². The van der Waals surface area contributed by atoms with Crippen molar-refractivity contribution in [2.75, 3.05) is 0 Å². The number of aromatic nitrogens is 1. The molecule has 1 atom stereocenters. The first-order chi connectivity index (χ1) is 10.7. The van der Waals surface area contributed by atoms with E-state index in [9.17, 15) is 9.59 Å². The highest BCUT2D eigenvalue weighted by molar-refractivity contribution is 5.69. The molecule has 1 rings (SSSR count). The van der Waals surface area contributed by atoms with Gasteiger partial charge in [-0.2, -0.15) is 0 Å². The fourth-order valence-electron chi connectivity index (χ4n) is 2.34. The Kier molecular flexibility index (Phi) is 7.13. The van der Waals surface area contributed by atoms with Crippen LogP contribution in [0.2, 0.25) is 0 Å². The number of carboxylic acid groups (broad SMARTS) is 1. The molecule has 2 N–H and O–H groups in total. The van der Waals surface area contributed by atoms with Crippen molar-refractivity contribution in [3.05, 3.63) is 24.0 Å². The fraction of sp³-hybridized carbons (Fsp3) is 0.647. The van der Waals surface area contributed by atoms with Gasteiger partial charge in [-0.3, -0.25) is 4.79 Å². The van der Waals surface area contributed by atoms with Crippen LogP contribution in [0, 0.1) is 0 Å². The molecule has 23 heavy (non-hydrogen) atoms. The zero-order valence-corrected chi connectivity index (χ0v) is 14.5. The molecule has 0 bridgehead atoms. The number of ether oxygens (including phenoxy) is 1. The van der Waals surface area contributed by atoms with E-state index in [4.69, 9.17) is 9.84 Å². The molecule has 0 aliphatic heterocycles. The molecule has 1 unspecified atom stereocenters. The van der Waals surface area contributed by atoms with Gasteiger partial charge in [-0.05, 0) is 45.7 Å². The Bertz CT molecular complexity index is 517. The van der Waals surface area contributed by atoms with E-state index in [0.717, 1.165) is 18.7 Å². The topological polar surface area (TPSA) is 80.6 Å². The third-order valence-corrected chi connectivity index (χ3v) is 3.27. The van der Waals surface area contributed by atoms with E-state index in [-0.39, 0.29) is 12.5 Å². The zero-order valence-electron chi connectivity index (χ0n) is 14.5. The molecule has 6 heteroatoms. The molecule has 130 valence electrons. The average Bonchev–Trinajstić information content (AvgIpc) is 2.81. The second kappa shape index (κ2) is 8.60. The lowest BCUT2D eigenvalue weighted by atomic mass is 10.1. The molecule has 0 aromatic carbocycles. The average molecular weight is 324 g/mol. The highest BCUT2D eigenvalue weighted by atomic mass is 16.6. The van der Waals surface area contributed by atoms with E-state index < -0.39 is 17.7 Å². The van der Waals surface area contributed by atoms with Crippen LogP contribution in [0.3, 0.4) is 0 Å². The lowest BCUT2D eigenvalue weighted by Gasteiger charge is -2.24. The third kappa shape index (κ3) is 7.72. The van der Waals surface area contributed by atoms with Gasteiger partial charge < -0.3 is 19.7 Å². The molecule has 6 nitrogen and oxygen atoms in total. The van der Waals surface area contributed by atoms with E-state index in [0.29, 0.717) is 12.8 Å². The van der Waals surface area contributed by atoms with Crippen LogP contribution in [0.15, 0.2) is 18.3 Å². The Labute approximate surface area is 137 Å². The molecule has 0 radical (unpaired) electrons. The number of nitrogens with one attached hydrogen (secondary N) is 1. The molecule has 0 fully saturated rings. The molecular formula is C17H28N2O4. The Hall–Kier alpha value is -1.98. The minimum absolute atomic E-state index is 0.00888. The Balaban J connectivity index is 2.73. The van der Waals surface area contributed by atoms with E-state index in [1.807, 2.05) is 18.3 Å². The maximum absolute atomic E-state index is 12.0. The van der Waals surface area contributed by atoms with Gasteiger partial charge in [0.15, 0.2) is 0 Å². The highest BCUT2D eigenvalue weighted by Gasteiger charge is 2.21. The third-order valence-electron chi connectivity index (χ3n) is 3.27. The zero-order chi connectivity index (χ0) is 17.5. The quantitative estimate of drug-likeness (QED) is 0.769. The van der Waals surface area contributed by atoms with Crippen molar-refractivity contribution in [3.8, 4) is 0 Å². The lowest BCUT2D eigenvalue weighted by molar-refractivity contribution is -0.137. The number of hydrogen-bond acceptors (Lipinski definition) is 3. The van der Waals surface area contributed by atoms with Crippen LogP contribution in [0.25, 0.3) is 0 Å². The van der Waals surface area contributed by atoms with Gasteiger partial charge in [0.05, 0.1) is 0 Å². The van der Waals surface area contributed by atoms with E-state index in [2.05, 4.69) is 16.8 Å². The van der Waals surface area contributed by atoms with Crippen molar-refractivity contribution in [3.63, 3.8) is 0 Å². The molecule has 0 aliphatic carbocycles. The van der Waals surface area contributed by atoms with Crippen LogP contribution in [-0.2, 0) is 22.5 Å². The predicted octanol–water partition coefficient (Wildman–Crippen LogP) is 3.20. The van der Waals surface area contributed by atoms with Crippen molar-refractivity contribution in [1.29, 1.82) is 0 Å². The summed E-state index contributed by atoms with van der Waals surface area (Å²) in [5, 5.41) is 11.7. The molecule has 0 spiro atoms.